The van der Waals surface area contributed by atoms with Crippen LogP contribution in [0.1, 0.15) is 44.3 Å². The van der Waals surface area contributed by atoms with Crippen LogP contribution in [0.5, 0.6) is 0 Å². The van der Waals surface area contributed by atoms with Crippen molar-refractivity contribution in [2.75, 3.05) is 0 Å². The van der Waals surface area contributed by atoms with Gasteiger partial charge in [-0.1, -0.05) is 11.8 Å². The van der Waals surface area contributed by atoms with Crippen LogP contribution in [0.3, 0.4) is 0 Å². The molecule has 1 aromatic rings. The van der Waals surface area contributed by atoms with Crippen LogP contribution in [0.25, 0.3) is 0 Å². The Morgan fingerprint density at radius 2 is 2.30 bits per heavy atom. The van der Waals surface area contributed by atoms with Gasteiger partial charge in [-0.15, -0.1) is 5.10 Å². The van der Waals surface area contributed by atoms with Crippen molar-refractivity contribution in [3.8, 4) is 0 Å². The molecule has 7 heteroatoms. The van der Waals surface area contributed by atoms with Gasteiger partial charge in [0.25, 0.3) is 0 Å². The summed E-state index contributed by atoms with van der Waals surface area (Å²) in [6.07, 6.45) is 5.55. The Balaban J connectivity index is 1.68. The third-order valence-corrected chi connectivity index (χ3v) is 5.15. The molecule has 3 rings (SSSR count). The normalized spacial score (nSPS) is 30.4. The Kier molecular flexibility index (Phi) is 3.72. The van der Waals surface area contributed by atoms with Crippen molar-refractivity contribution in [1.29, 1.82) is 0 Å². The molecule has 0 bridgehead atoms. The first kappa shape index (κ1) is 13.9. The first-order chi connectivity index (χ1) is 9.57. The number of carboxylic acid groups (broad SMARTS) is 1. The number of H-pyrrole nitrogens is 1. The predicted octanol–water partition coefficient (Wildman–Crippen LogP) is 1.72. The maximum Gasteiger partial charge on any atom is 0.323 e. The number of aromatic nitrogens is 3. The molecule has 2 fully saturated rings. The van der Waals surface area contributed by atoms with Crippen molar-refractivity contribution in [3.05, 3.63) is 5.82 Å². The summed E-state index contributed by atoms with van der Waals surface area (Å²) in [5.74, 6) is 0.0878. The molecule has 0 radical (unpaired) electrons. The highest BCUT2D eigenvalue weighted by Gasteiger charge is 2.46. The molecular weight excluding hydrogens is 276 g/mol. The lowest BCUT2D eigenvalue weighted by molar-refractivity contribution is -0.146. The number of thioether (sulfide) groups is 1. The highest BCUT2D eigenvalue weighted by molar-refractivity contribution is 7.99. The highest BCUT2D eigenvalue weighted by Crippen LogP contribution is 2.39. The summed E-state index contributed by atoms with van der Waals surface area (Å²) in [7, 11) is 0. The van der Waals surface area contributed by atoms with Crippen molar-refractivity contribution in [2.45, 2.75) is 67.4 Å². The molecule has 0 aliphatic heterocycles. The largest absolute Gasteiger partial charge is 0.480 e. The Morgan fingerprint density at radius 3 is 2.90 bits per heavy atom. The topological polar surface area (TPSA) is 90.9 Å². The zero-order chi connectivity index (χ0) is 14.2. The van der Waals surface area contributed by atoms with Crippen molar-refractivity contribution < 1.29 is 9.90 Å². The van der Waals surface area contributed by atoms with Gasteiger partial charge in [0.1, 0.15) is 11.4 Å². The molecule has 2 unspecified atom stereocenters. The number of rotatable bonds is 5. The summed E-state index contributed by atoms with van der Waals surface area (Å²) >= 11 is 1.60. The third kappa shape index (κ3) is 2.98. The molecule has 0 saturated heterocycles. The van der Waals surface area contributed by atoms with Gasteiger partial charge in [0.2, 0.25) is 5.16 Å². The molecule has 2 aliphatic rings. The molecule has 2 saturated carbocycles. The van der Waals surface area contributed by atoms with Gasteiger partial charge in [-0.3, -0.25) is 15.2 Å². The van der Waals surface area contributed by atoms with E-state index < -0.39 is 11.5 Å². The molecule has 2 atom stereocenters. The fourth-order valence-electron chi connectivity index (χ4n) is 2.85. The van der Waals surface area contributed by atoms with E-state index >= 15 is 0 Å². The van der Waals surface area contributed by atoms with Gasteiger partial charge in [0.05, 0.1) is 0 Å². The molecule has 3 N–H and O–H groups in total. The van der Waals surface area contributed by atoms with Crippen LogP contribution in [0.2, 0.25) is 0 Å². The third-order valence-electron chi connectivity index (χ3n) is 4.02. The van der Waals surface area contributed by atoms with Gasteiger partial charge in [0.15, 0.2) is 0 Å². The maximum atomic E-state index is 11.7. The van der Waals surface area contributed by atoms with E-state index in [9.17, 15) is 9.90 Å². The second kappa shape index (κ2) is 5.37. The molecule has 0 aromatic carbocycles. The van der Waals surface area contributed by atoms with Crippen molar-refractivity contribution in [2.24, 2.45) is 0 Å². The van der Waals surface area contributed by atoms with E-state index in [1.807, 2.05) is 6.92 Å². The number of nitrogens with one attached hydrogen (secondary N) is 2. The second-order valence-electron chi connectivity index (χ2n) is 5.85. The van der Waals surface area contributed by atoms with Crippen LogP contribution in [-0.2, 0) is 4.79 Å². The van der Waals surface area contributed by atoms with E-state index in [1.165, 1.54) is 0 Å². The van der Waals surface area contributed by atoms with E-state index in [4.69, 9.17) is 0 Å². The summed E-state index contributed by atoms with van der Waals surface area (Å²) in [5.41, 5.74) is -0.748. The minimum absolute atomic E-state index is 0.265. The number of carboxylic acids is 1. The summed E-state index contributed by atoms with van der Waals surface area (Å²) in [6, 6.07) is 0.403. The summed E-state index contributed by atoms with van der Waals surface area (Å²) in [5, 5.41) is 21.0. The lowest BCUT2D eigenvalue weighted by Gasteiger charge is -2.38. The molecule has 1 heterocycles. The second-order valence-corrected chi connectivity index (χ2v) is 7.11. The number of aromatic amines is 1. The number of carbonyl (C=O) groups is 1. The molecule has 1 aromatic heterocycles. The molecule has 6 nitrogen and oxygen atoms in total. The van der Waals surface area contributed by atoms with Crippen LogP contribution in [0.4, 0.5) is 0 Å². The van der Waals surface area contributed by atoms with Crippen LogP contribution in [0, 0.1) is 6.92 Å². The van der Waals surface area contributed by atoms with E-state index in [2.05, 4.69) is 20.5 Å². The van der Waals surface area contributed by atoms with Crippen LogP contribution in [-0.4, -0.2) is 43.1 Å². The van der Waals surface area contributed by atoms with Crippen molar-refractivity contribution in [3.63, 3.8) is 0 Å². The van der Waals surface area contributed by atoms with Gasteiger partial charge in [0, 0.05) is 11.3 Å². The predicted molar refractivity (Wildman–Crippen MR) is 75.8 cm³/mol. The van der Waals surface area contributed by atoms with Crippen molar-refractivity contribution in [1.82, 2.24) is 20.5 Å². The Labute approximate surface area is 122 Å². The molecule has 2 aliphatic carbocycles. The Bertz CT molecular complexity index is 502. The number of aliphatic carboxylic acids is 1. The monoisotopic (exact) mass is 296 g/mol. The molecule has 0 amide bonds. The van der Waals surface area contributed by atoms with Crippen LogP contribution >= 0.6 is 11.8 Å². The van der Waals surface area contributed by atoms with Gasteiger partial charge in [-0.05, 0) is 45.4 Å². The summed E-state index contributed by atoms with van der Waals surface area (Å²) in [6.45, 7) is 1.87. The van der Waals surface area contributed by atoms with Gasteiger partial charge in [-0.25, -0.2) is 4.98 Å². The quantitative estimate of drug-likeness (QED) is 0.766. The molecular formula is C13H20N4O2S. The molecule has 20 heavy (non-hydrogen) atoms. The van der Waals surface area contributed by atoms with Gasteiger partial charge in [-0.2, -0.15) is 0 Å². The first-order valence-corrected chi connectivity index (χ1v) is 8.02. The van der Waals surface area contributed by atoms with Crippen LogP contribution < -0.4 is 5.32 Å². The molecule has 0 spiro atoms. The van der Waals surface area contributed by atoms with E-state index in [0.29, 0.717) is 12.5 Å². The average Bonchev–Trinajstić information content (AvgIpc) is 3.11. The number of nitrogens with zero attached hydrogens (tertiary/aromatic N) is 2. The van der Waals surface area contributed by atoms with E-state index in [-0.39, 0.29) is 5.25 Å². The number of hydrogen-bond donors (Lipinski definition) is 3. The minimum Gasteiger partial charge on any atom is -0.480 e. The standard InChI is InChI=1S/C13H20N4O2S/c1-8-14-12(17-16-8)20-10-3-2-6-13(7-10,11(18)19)15-9-4-5-9/h9-10,15H,2-7H2,1H3,(H,18,19)(H,14,16,17). The SMILES string of the molecule is Cc1nc(SC2CCCC(NC3CC3)(C(=O)O)C2)n[nH]1. The lowest BCUT2D eigenvalue weighted by atomic mass is 9.81. The average molecular weight is 296 g/mol. The van der Waals surface area contributed by atoms with E-state index in [1.54, 1.807) is 11.8 Å². The Morgan fingerprint density at radius 1 is 1.50 bits per heavy atom. The summed E-state index contributed by atoms with van der Waals surface area (Å²) in [4.78, 5) is 16.0. The van der Waals surface area contributed by atoms with Crippen molar-refractivity contribution >= 4 is 17.7 Å². The van der Waals surface area contributed by atoms with Gasteiger partial charge < -0.3 is 5.11 Å². The fourth-order valence-corrected chi connectivity index (χ4v) is 4.09. The number of hydrogen-bond acceptors (Lipinski definition) is 5. The van der Waals surface area contributed by atoms with Crippen LogP contribution in [0.15, 0.2) is 5.16 Å². The smallest absolute Gasteiger partial charge is 0.323 e. The minimum atomic E-state index is -0.748. The first-order valence-electron chi connectivity index (χ1n) is 7.14. The Hall–Kier alpha value is -1.08. The lowest BCUT2D eigenvalue weighted by Crippen LogP contribution is -2.56. The summed E-state index contributed by atoms with van der Waals surface area (Å²) < 4.78 is 0. The highest BCUT2D eigenvalue weighted by atomic mass is 32.2. The fraction of sp³-hybridized carbons (Fsp3) is 0.769. The zero-order valence-electron chi connectivity index (χ0n) is 11.6. The zero-order valence-corrected chi connectivity index (χ0v) is 12.4. The number of aryl methyl sites for hydroxylation is 1. The van der Waals surface area contributed by atoms with E-state index in [0.717, 1.165) is 43.1 Å². The molecule has 110 valence electrons. The maximum absolute atomic E-state index is 11.7. The van der Waals surface area contributed by atoms with Gasteiger partial charge >= 0.3 is 5.97 Å².